The second kappa shape index (κ2) is 10.2. The molecule has 0 heterocycles. The summed E-state index contributed by atoms with van der Waals surface area (Å²) >= 11 is 6.14. The van der Waals surface area contributed by atoms with Crippen molar-refractivity contribution in [3.8, 4) is 11.5 Å². The number of halogens is 1. The maximum atomic E-state index is 12.2. The molecule has 3 aromatic carbocycles. The molecule has 0 atom stereocenters. The Morgan fingerprint density at radius 3 is 2.61 bits per heavy atom. The van der Waals surface area contributed by atoms with Crippen LogP contribution in [-0.2, 0) is 6.61 Å². The van der Waals surface area contributed by atoms with E-state index in [-0.39, 0.29) is 17.9 Å². The van der Waals surface area contributed by atoms with Gasteiger partial charge in [-0.3, -0.25) is 14.9 Å². The molecule has 0 aromatic heterocycles. The van der Waals surface area contributed by atoms with Gasteiger partial charge in [-0.15, -0.1) is 0 Å². The largest absolute Gasteiger partial charge is 0.493 e. The van der Waals surface area contributed by atoms with Gasteiger partial charge in [-0.2, -0.15) is 5.10 Å². The number of hydrogen-bond donors (Lipinski definition) is 1. The van der Waals surface area contributed by atoms with Crippen molar-refractivity contribution >= 4 is 29.4 Å². The van der Waals surface area contributed by atoms with Gasteiger partial charge in [0.1, 0.15) is 12.2 Å². The third kappa shape index (κ3) is 5.58. The monoisotopic (exact) mass is 439 g/mol. The molecule has 3 rings (SSSR count). The van der Waals surface area contributed by atoms with Crippen LogP contribution in [-0.4, -0.2) is 24.2 Å². The average Bonchev–Trinajstić information content (AvgIpc) is 2.78. The molecule has 0 unspecified atom stereocenters. The first-order chi connectivity index (χ1) is 15.0. The average molecular weight is 440 g/mol. The summed E-state index contributed by atoms with van der Waals surface area (Å²) < 4.78 is 11.2. The summed E-state index contributed by atoms with van der Waals surface area (Å²) in [6.07, 6.45) is 1.40. The van der Waals surface area contributed by atoms with Gasteiger partial charge in [-0.25, -0.2) is 5.43 Å². The van der Waals surface area contributed by atoms with E-state index >= 15 is 0 Å². The quantitative estimate of drug-likeness (QED) is 0.314. The van der Waals surface area contributed by atoms with Gasteiger partial charge in [0.15, 0.2) is 11.5 Å². The van der Waals surface area contributed by atoms with Gasteiger partial charge >= 0.3 is 0 Å². The topological polar surface area (TPSA) is 103 Å². The zero-order valence-corrected chi connectivity index (χ0v) is 17.2. The molecule has 0 aliphatic heterocycles. The summed E-state index contributed by atoms with van der Waals surface area (Å²) in [6.45, 7) is 0.273. The Balaban J connectivity index is 1.67. The smallest absolute Gasteiger partial charge is 0.282 e. The summed E-state index contributed by atoms with van der Waals surface area (Å²) in [4.78, 5) is 22.6. The second-order valence-electron chi connectivity index (χ2n) is 6.26. The van der Waals surface area contributed by atoms with Crippen molar-refractivity contribution in [1.29, 1.82) is 0 Å². The first-order valence-corrected chi connectivity index (χ1v) is 9.48. The van der Waals surface area contributed by atoms with Crippen LogP contribution in [0.4, 0.5) is 5.69 Å². The third-order valence-electron chi connectivity index (χ3n) is 4.25. The van der Waals surface area contributed by atoms with E-state index in [2.05, 4.69) is 10.5 Å². The Hall–Kier alpha value is -3.91. The number of para-hydroxylation sites is 1. The Bertz CT molecular complexity index is 1130. The van der Waals surface area contributed by atoms with Crippen molar-refractivity contribution in [3.63, 3.8) is 0 Å². The summed E-state index contributed by atoms with van der Waals surface area (Å²) in [6, 6.07) is 18.1. The van der Waals surface area contributed by atoms with Crippen molar-refractivity contribution in [1.82, 2.24) is 5.43 Å². The highest BCUT2D eigenvalue weighted by atomic mass is 35.5. The van der Waals surface area contributed by atoms with E-state index < -0.39 is 10.8 Å². The summed E-state index contributed by atoms with van der Waals surface area (Å²) in [5.41, 5.74) is 3.39. The molecular weight excluding hydrogens is 422 g/mol. The Morgan fingerprint density at radius 1 is 1.13 bits per heavy atom. The molecule has 8 nitrogen and oxygen atoms in total. The number of nitrogens with zero attached hydrogens (tertiary/aromatic N) is 2. The number of carbonyl (C=O) groups excluding carboxylic acids is 1. The minimum atomic E-state index is -0.685. The van der Waals surface area contributed by atoms with Crippen LogP contribution < -0.4 is 14.9 Å². The van der Waals surface area contributed by atoms with Crippen LogP contribution in [0.5, 0.6) is 11.5 Å². The summed E-state index contributed by atoms with van der Waals surface area (Å²) in [5.74, 6) is 0.305. The first kappa shape index (κ1) is 21.8. The van der Waals surface area contributed by atoms with Crippen LogP contribution in [0.2, 0.25) is 5.02 Å². The highest BCUT2D eigenvalue weighted by Crippen LogP contribution is 2.29. The second-order valence-corrected chi connectivity index (χ2v) is 6.67. The SMILES string of the molecule is COc1cc(/C=N\NC(=O)c2ccccc2[N+](=O)[O-])ccc1OCc1ccccc1Cl. The Kier molecular flexibility index (Phi) is 7.18. The molecule has 1 amide bonds. The zero-order valence-electron chi connectivity index (χ0n) is 16.4. The normalized spacial score (nSPS) is 10.6. The van der Waals surface area contributed by atoms with E-state index in [1.54, 1.807) is 24.3 Å². The molecule has 0 radical (unpaired) electrons. The number of rotatable bonds is 8. The zero-order chi connectivity index (χ0) is 22.2. The number of nitrogens with one attached hydrogen (secondary N) is 1. The van der Waals surface area contributed by atoms with Gasteiger partial charge in [0.25, 0.3) is 11.6 Å². The number of hydrogen-bond acceptors (Lipinski definition) is 6. The Morgan fingerprint density at radius 2 is 1.87 bits per heavy atom. The van der Waals surface area contributed by atoms with E-state index in [4.69, 9.17) is 21.1 Å². The standard InChI is InChI=1S/C22H18ClN3O5/c1-30-21-12-15(10-11-20(21)31-14-16-6-2-4-8-18(16)23)13-24-25-22(27)17-7-3-5-9-19(17)26(28)29/h2-13H,14H2,1H3,(H,25,27)/b24-13-. The van der Waals surface area contributed by atoms with Crippen molar-refractivity contribution in [2.75, 3.05) is 7.11 Å². The lowest BCUT2D eigenvalue weighted by Crippen LogP contribution is -2.18. The number of carbonyl (C=O) groups is 1. The summed E-state index contributed by atoms with van der Waals surface area (Å²) in [5, 5.41) is 15.5. The lowest BCUT2D eigenvalue weighted by atomic mass is 10.2. The molecule has 31 heavy (non-hydrogen) atoms. The lowest BCUT2D eigenvalue weighted by Gasteiger charge is -2.12. The molecule has 158 valence electrons. The minimum absolute atomic E-state index is 0.0782. The molecule has 0 bridgehead atoms. The molecular formula is C22H18ClN3O5. The molecule has 0 fully saturated rings. The van der Waals surface area contributed by atoms with E-state index in [9.17, 15) is 14.9 Å². The molecule has 3 aromatic rings. The fourth-order valence-corrected chi connectivity index (χ4v) is 2.90. The van der Waals surface area contributed by atoms with Crippen LogP contribution in [0.1, 0.15) is 21.5 Å². The highest BCUT2D eigenvalue weighted by molar-refractivity contribution is 6.31. The number of nitro groups is 1. The van der Waals surface area contributed by atoms with Gasteiger partial charge in [0, 0.05) is 16.7 Å². The van der Waals surface area contributed by atoms with Crippen LogP contribution in [0.25, 0.3) is 0 Å². The molecule has 0 aliphatic rings. The van der Waals surface area contributed by atoms with Gasteiger partial charge in [0.2, 0.25) is 0 Å². The van der Waals surface area contributed by atoms with Gasteiger partial charge < -0.3 is 9.47 Å². The maximum absolute atomic E-state index is 12.2. The molecule has 1 N–H and O–H groups in total. The number of ether oxygens (including phenoxy) is 2. The van der Waals surface area contributed by atoms with Gasteiger partial charge in [0.05, 0.1) is 18.2 Å². The minimum Gasteiger partial charge on any atom is -0.493 e. The van der Waals surface area contributed by atoms with Crippen molar-refractivity contribution in [2.24, 2.45) is 5.10 Å². The van der Waals surface area contributed by atoms with Crippen molar-refractivity contribution < 1.29 is 19.2 Å². The molecule has 0 saturated carbocycles. The third-order valence-corrected chi connectivity index (χ3v) is 4.62. The van der Waals surface area contributed by atoms with E-state index in [1.807, 2.05) is 18.2 Å². The number of methoxy groups -OCH3 is 1. The van der Waals surface area contributed by atoms with Crippen LogP contribution in [0, 0.1) is 10.1 Å². The molecule has 9 heteroatoms. The van der Waals surface area contributed by atoms with Crippen LogP contribution >= 0.6 is 11.6 Å². The van der Waals surface area contributed by atoms with E-state index in [1.165, 1.54) is 37.6 Å². The highest BCUT2D eigenvalue weighted by Gasteiger charge is 2.18. The Labute approximate surface area is 183 Å². The van der Waals surface area contributed by atoms with E-state index in [0.29, 0.717) is 22.1 Å². The van der Waals surface area contributed by atoms with E-state index in [0.717, 1.165) is 5.56 Å². The lowest BCUT2D eigenvalue weighted by molar-refractivity contribution is -0.385. The maximum Gasteiger partial charge on any atom is 0.282 e. The molecule has 0 saturated heterocycles. The van der Waals surface area contributed by atoms with Crippen molar-refractivity contribution in [3.05, 3.63) is 98.6 Å². The first-order valence-electron chi connectivity index (χ1n) is 9.10. The summed E-state index contributed by atoms with van der Waals surface area (Å²) in [7, 11) is 1.51. The number of amides is 1. The fourth-order valence-electron chi connectivity index (χ4n) is 2.71. The van der Waals surface area contributed by atoms with Crippen LogP contribution in [0.15, 0.2) is 71.8 Å². The van der Waals surface area contributed by atoms with Crippen LogP contribution in [0.3, 0.4) is 0 Å². The molecule has 0 aliphatic carbocycles. The predicted octanol–water partition coefficient (Wildman–Crippen LogP) is 4.60. The number of nitro benzene ring substituents is 1. The van der Waals surface area contributed by atoms with Crippen molar-refractivity contribution in [2.45, 2.75) is 6.61 Å². The number of hydrazone groups is 1. The number of benzene rings is 3. The fraction of sp³-hybridized carbons (Fsp3) is 0.0909. The predicted molar refractivity (Wildman–Crippen MR) is 117 cm³/mol. The van der Waals surface area contributed by atoms with Gasteiger partial charge in [-0.1, -0.05) is 41.9 Å². The molecule has 0 spiro atoms. The van der Waals surface area contributed by atoms with Gasteiger partial charge in [-0.05, 0) is 35.9 Å².